The van der Waals surface area contributed by atoms with Crippen LogP contribution in [0.1, 0.15) is 45.4 Å². The van der Waals surface area contributed by atoms with E-state index in [9.17, 15) is 8.42 Å². The maximum absolute atomic E-state index is 11.5. The molecule has 1 aromatic heterocycles. The van der Waals surface area contributed by atoms with Gasteiger partial charge in [-0.25, -0.2) is 8.42 Å². The lowest BCUT2D eigenvalue weighted by Gasteiger charge is -2.20. The summed E-state index contributed by atoms with van der Waals surface area (Å²) in [5, 5.41) is 7.78. The van der Waals surface area contributed by atoms with Crippen LogP contribution in [0.15, 0.2) is 6.20 Å². The summed E-state index contributed by atoms with van der Waals surface area (Å²) < 4.78 is 24.8. The van der Waals surface area contributed by atoms with Crippen LogP contribution in [0.2, 0.25) is 0 Å². The number of aryl methyl sites for hydroxylation is 1. The van der Waals surface area contributed by atoms with Crippen molar-refractivity contribution < 1.29 is 8.42 Å². The third kappa shape index (κ3) is 5.63. The Bertz CT molecular complexity index is 527. The number of aromatic nitrogens is 2. The summed E-state index contributed by atoms with van der Waals surface area (Å²) in [5.41, 5.74) is 2.35. The second-order valence-corrected chi connectivity index (χ2v) is 8.64. The van der Waals surface area contributed by atoms with E-state index < -0.39 is 9.84 Å². The number of sulfone groups is 1. The molecule has 0 radical (unpaired) electrons. The average Bonchev–Trinajstić information content (AvgIpc) is 2.67. The predicted octanol–water partition coefficient (Wildman–Crippen LogP) is 1.90. The molecule has 0 aliphatic heterocycles. The smallest absolute Gasteiger partial charge is 0.150 e. The van der Waals surface area contributed by atoms with Crippen molar-refractivity contribution in [2.75, 3.05) is 11.5 Å². The number of rotatable bonds is 7. The van der Waals surface area contributed by atoms with Crippen LogP contribution in [0.3, 0.4) is 0 Å². The van der Waals surface area contributed by atoms with E-state index in [1.54, 1.807) is 6.92 Å². The highest BCUT2D eigenvalue weighted by Crippen LogP contribution is 2.10. The van der Waals surface area contributed by atoms with E-state index >= 15 is 0 Å². The molecule has 1 aromatic rings. The first kappa shape index (κ1) is 17.2. The van der Waals surface area contributed by atoms with Gasteiger partial charge in [0.15, 0.2) is 0 Å². The Labute approximate surface area is 122 Å². The van der Waals surface area contributed by atoms with Crippen molar-refractivity contribution in [3.05, 3.63) is 17.5 Å². The van der Waals surface area contributed by atoms with Crippen molar-refractivity contribution in [3.63, 3.8) is 0 Å². The fourth-order valence-electron chi connectivity index (χ4n) is 1.82. The largest absolute Gasteiger partial charge is 0.308 e. The van der Waals surface area contributed by atoms with Gasteiger partial charge in [-0.15, -0.1) is 0 Å². The van der Waals surface area contributed by atoms with E-state index in [1.807, 2.05) is 17.8 Å². The Hall–Kier alpha value is -0.880. The second-order valence-electron chi connectivity index (χ2n) is 6.17. The van der Waals surface area contributed by atoms with Gasteiger partial charge in [0.25, 0.3) is 0 Å². The van der Waals surface area contributed by atoms with Crippen molar-refractivity contribution in [2.45, 2.75) is 59.7 Å². The second kappa shape index (κ2) is 6.72. The Kier molecular flexibility index (Phi) is 5.77. The molecule has 1 N–H and O–H groups in total. The van der Waals surface area contributed by atoms with Gasteiger partial charge in [-0.1, -0.05) is 6.92 Å². The van der Waals surface area contributed by atoms with Crippen LogP contribution in [0.4, 0.5) is 0 Å². The molecule has 0 unspecified atom stereocenters. The first-order valence-corrected chi connectivity index (χ1v) is 8.93. The van der Waals surface area contributed by atoms with Gasteiger partial charge in [-0.2, -0.15) is 5.10 Å². The molecule has 1 heterocycles. The van der Waals surface area contributed by atoms with E-state index in [2.05, 4.69) is 31.2 Å². The normalized spacial score (nSPS) is 12.8. The highest BCUT2D eigenvalue weighted by atomic mass is 32.2. The molecule has 0 amide bonds. The summed E-state index contributed by atoms with van der Waals surface area (Å²) in [6, 6.07) is 0. The van der Waals surface area contributed by atoms with Crippen LogP contribution in [0.5, 0.6) is 0 Å². The van der Waals surface area contributed by atoms with Crippen LogP contribution >= 0.6 is 0 Å². The third-order valence-electron chi connectivity index (χ3n) is 3.28. The summed E-state index contributed by atoms with van der Waals surface area (Å²) in [6.45, 7) is 11.5. The minimum Gasteiger partial charge on any atom is -0.308 e. The Balaban J connectivity index is 2.55. The Morgan fingerprint density at radius 1 is 1.35 bits per heavy atom. The molecule has 0 fully saturated rings. The number of hydrogen-bond donors (Lipinski definition) is 1. The molecule has 0 aliphatic rings. The molecule has 116 valence electrons. The standard InChI is InChI=1S/C14H27N3O2S/c1-6-20(18,19)9-7-8-17-12(2)13(11-16-17)10-15-14(3,4)5/h11,15H,6-10H2,1-5H3. The Morgan fingerprint density at radius 3 is 2.55 bits per heavy atom. The van der Waals surface area contributed by atoms with E-state index in [1.165, 1.54) is 5.56 Å². The fraction of sp³-hybridized carbons (Fsp3) is 0.786. The minimum atomic E-state index is -2.88. The number of nitrogens with zero attached hydrogens (tertiary/aromatic N) is 2. The molecule has 20 heavy (non-hydrogen) atoms. The summed E-state index contributed by atoms with van der Waals surface area (Å²) in [6.07, 6.45) is 2.48. The zero-order chi connectivity index (χ0) is 15.4. The number of hydrogen-bond acceptors (Lipinski definition) is 4. The van der Waals surface area contributed by atoms with E-state index in [0.29, 0.717) is 13.0 Å². The topological polar surface area (TPSA) is 64.0 Å². The average molecular weight is 301 g/mol. The van der Waals surface area contributed by atoms with Gasteiger partial charge in [0, 0.05) is 35.6 Å². The van der Waals surface area contributed by atoms with Gasteiger partial charge in [-0.05, 0) is 34.1 Å². The van der Waals surface area contributed by atoms with Crippen molar-refractivity contribution in [2.24, 2.45) is 0 Å². The maximum Gasteiger partial charge on any atom is 0.150 e. The summed E-state index contributed by atoms with van der Waals surface area (Å²) in [7, 11) is -2.88. The molecule has 0 aliphatic carbocycles. The maximum atomic E-state index is 11.5. The molecule has 0 atom stereocenters. The molecular formula is C14H27N3O2S. The van der Waals surface area contributed by atoms with Crippen LogP contribution in [-0.4, -0.2) is 35.2 Å². The van der Waals surface area contributed by atoms with Crippen LogP contribution in [-0.2, 0) is 22.9 Å². The predicted molar refractivity (Wildman–Crippen MR) is 82.5 cm³/mol. The van der Waals surface area contributed by atoms with Crippen molar-refractivity contribution in [1.82, 2.24) is 15.1 Å². The van der Waals surface area contributed by atoms with Gasteiger partial charge in [0.1, 0.15) is 9.84 Å². The fourth-order valence-corrected chi connectivity index (χ4v) is 2.68. The molecule has 0 bridgehead atoms. The lowest BCUT2D eigenvalue weighted by atomic mass is 10.1. The van der Waals surface area contributed by atoms with Crippen molar-refractivity contribution in [3.8, 4) is 0 Å². The lowest BCUT2D eigenvalue weighted by molar-refractivity contribution is 0.423. The summed E-state index contributed by atoms with van der Waals surface area (Å²) >= 11 is 0. The van der Waals surface area contributed by atoms with Crippen molar-refractivity contribution in [1.29, 1.82) is 0 Å². The van der Waals surface area contributed by atoms with Gasteiger partial charge < -0.3 is 5.32 Å². The summed E-state index contributed by atoms with van der Waals surface area (Å²) in [4.78, 5) is 0. The number of nitrogens with one attached hydrogen (secondary N) is 1. The quantitative estimate of drug-likeness (QED) is 0.835. The monoisotopic (exact) mass is 301 g/mol. The first-order valence-electron chi connectivity index (χ1n) is 7.11. The summed E-state index contributed by atoms with van der Waals surface area (Å²) in [5.74, 6) is 0.449. The molecule has 5 nitrogen and oxygen atoms in total. The van der Waals surface area contributed by atoms with Gasteiger partial charge in [0.2, 0.25) is 0 Å². The molecule has 0 spiro atoms. The van der Waals surface area contributed by atoms with E-state index in [0.717, 1.165) is 12.2 Å². The zero-order valence-corrected chi connectivity index (χ0v) is 14.0. The molecular weight excluding hydrogens is 274 g/mol. The SMILES string of the molecule is CCS(=O)(=O)CCCn1ncc(CNC(C)(C)C)c1C. The van der Waals surface area contributed by atoms with Crippen molar-refractivity contribution >= 4 is 9.84 Å². The van der Waals surface area contributed by atoms with Crippen LogP contribution in [0.25, 0.3) is 0 Å². The third-order valence-corrected chi connectivity index (χ3v) is 5.07. The molecule has 1 rings (SSSR count). The highest BCUT2D eigenvalue weighted by Gasteiger charge is 2.12. The molecule has 0 aromatic carbocycles. The first-order chi connectivity index (χ1) is 9.14. The van der Waals surface area contributed by atoms with Gasteiger partial charge in [0.05, 0.1) is 11.9 Å². The molecule has 0 saturated carbocycles. The Morgan fingerprint density at radius 2 is 2.00 bits per heavy atom. The van der Waals surface area contributed by atoms with Gasteiger partial charge >= 0.3 is 0 Å². The lowest BCUT2D eigenvalue weighted by Crippen LogP contribution is -2.35. The van der Waals surface area contributed by atoms with Crippen LogP contribution < -0.4 is 5.32 Å². The minimum absolute atomic E-state index is 0.0732. The highest BCUT2D eigenvalue weighted by molar-refractivity contribution is 7.91. The zero-order valence-electron chi connectivity index (χ0n) is 13.2. The molecule has 0 saturated heterocycles. The van der Waals surface area contributed by atoms with Gasteiger partial charge in [-0.3, -0.25) is 4.68 Å². The van der Waals surface area contributed by atoms with E-state index in [4.69, 9.17) is 0 Å². The van der Waals surface area contributed by atoms with E-state index in [-0.39, 0.29) is 17.0 Å². The van der Waals surface area contributed by atoms with Crippen LogP contribution in [0, 0.1) is 6.92 Å². The molecule has 6 heteroatoms.